The molecular weight excluding hydrogens is 324 g/mol. The largest absolute Gasteiger partial charge is 0.393 e. The highest BCUT2D eigenvalue weighted by atomic mass is 16.9. The Labute approximate surface area is 146 Å². The van der Waals surface area contributed by atoms with Crippen molar-refractivity contribution >= 4 is 18.0 Å². The van der Waals surface area contributed by atoms with Crippen LogP contribution in [0.15, 0.2) is 30.3 Å². The van der Waals surface area contributed by atoms with Gasteiger partial charge in [0, 0.05) is 33.7 Å². The van der Waals surface area contributed by atoms with Gasteiger partial charge in [0.15, 0.2) is 0 Å². The lowest BCUT2D eigenvalue weighted by Gasteiger charge is -2.35. The number of cyclic esters (lactones) is 2. The van der Waals surface area contributed by atoms with Crippen molar-refractivity contribution in [3.8, 4) is 0 Å². The van der Waals surface area contributed by atoms with Crippen LogP contribution in [0, 0.1) is 5.41 Å². The molecule has 1 aliphatic heterocycles. The molecule has 0 aromatic heterocycles. The molecule has 0 bridgehead atoms. The summed E-state index contributed by atoms with van der Waals surface area (Å²) in [6, 6.07) is 7.85. The molecule has 2 aliphatic rings. The minimum atomic E-state index is -1.26. The maximum atomic E-state index is 12.7. The van der Waals surface area contributed by atoms with E-state index in [2.05, 4.69) is 0 Å². The number of hydrogen-bond donors (Lipinski definition) is 0. The van der Waals surface area contributed by atoms with Crippen molar-refractivity contribution in [1.82, 2.24) is 0 Å². The van der Waals surface area contributed by atoms with Crippen LogP contribution in [-0.4, -0.2) is 39.2 Å². The molecule has 3 rings (SSSR count). The minimum Gasteiger partial charge on any atom is -0.393 e. The SMILES string of the molecule is COC(CCC1(C2C=Cc3ccccc32)CC(=O)OC1=O)(OC)OC. The molecule has 6 heteroatoms. The monoisotopic (exact) mass is 346 g/mol. The molecule has 134 valence electrons. The summed E-state index contributed by atoms with van der Waals surface area (Å²) in [5, 5.41) is 0. The van der Waals surface area contributed by atoms with Crippen molar-refractivity contribution in [3.63, 3.8) is 0 Å². The number of ether oxygens (including phenoxy) is 4. The standard InChI is InChI=1S/C19H22O6/c1-22-19(23-2,24-3)11-10-18(12-16(20)25-17(18)21)15-9-8-13-6-4-5-7-14(13)15/h4-9,15H,10-12H2,1-3H3. The summed E-state index contributed by atoms with van der Waals surface area (Å²) in [4.78, 5) is 24.6. The molecule has 1 aromatic carbocycles. The normalized spacial score (nSPS) is 25.3. The van der Waals surface area contributed by atoms with Gasteiger partial charge in [-0.25, -0.2) is 0 Å². The number of methoxy groups -OCH3 is 3. The first-order chi connectivity index (χ1) is 12.0. The summed E-state index contributed by atoms with van der Waals surface area (Å²) in [6.45, 7) is 0. The van der Waals surface area contributed by atoms with Crippen LogP contribution in [0.1, 0.15) is 36.3 Å². The van der Waals surface area contributed by atoms with E-state index in [1.165, 1.54) is 21.3 Å². The van der Waals surface area contributed by atoms with E-state index >= 15 is 0 Å². The smallest absolute Gasteiger partial charge is 0.321 e. The van der Waals surface area contributed by atoms with E-state index in [0.717, 1.165) is 11.1 Å². The second-order valence-corrected chi connectivity index (χ2v) is 6.36. The summed E-state index contributed by atoms with van der Waals surface area (Å²) < 4.78 is 20.9. The van der Waals surface area contributed by atoms with Gasteiger partial charge in [0.1, 0.15) is 0 Å². The molecular formula is C19H22O6. The second kappa shape index (κ2) is 6.71. The van der Waals surface area contributed by atoms with Crippen LogP contribution in [0.25, 0.3) is 6.08 Å². The number of hydrogen-bond acceptors (Lipinski definition) is 6. The van der Waals surface area contributed by atoms with Crippen LogP contribution in [0.3, 0.4) is 0 Å². The average molecular weight is 346 g/mol. The topological polar surface area (TPSA) is 71.1 Å². The number of rotatable bonds is 7. The Morgan fingerprint density at radius 1 is 1.16 bits per heavy atom. The van der Waals surface area contributed by atoms with Crippen LogP contribution in [-0.2, 0) is 28.5 Å². The molecule has 25 heavy (non-hydrogen) atoms. The number of carbonyl (C=O) groups is 2. The molecule has 0 N–H and O–H groups in total. The fraction of sp³-hybridized carbons (Fsp3) is 0.474. The van der Waals surface area contributed by atoms with Gasteiger partial charge in [0.05, 0.1) is 11.8 Å². The molecule has 0 spiro atoms. The third-order valence-corrected chi connectivity index (χ3v) is 5.28. The Bertz CT molecular complexity index is 697. The summed E-state index contributed by atoms with van der Waals surface area (Å²) in [5.74, 6) is -2.49. The first kappa shape index (κ1) is 17.8. The highest BCUT2D eigenvalue weighted by Crippen LogP contribution is 2.52. The molecule has 2 atom stereocenters. The van der Waals surface area contributed by atoms with Crippen LogP contribution in [0.5, 0.6) is 0 Å². The Morgan fingerprint density at radius 3 is 2.44 bits per heavy atom. The van der Waals surface area contributed by atoms with Gasteiger partial charge in [-0.1, -0.05) is 36.4 Å². The van der Waals surface area contributed by atoms with Crippen molar-refractivity contribution in [1.29, 1.82) is 0 Å². The summed E-state index contributed by atoms with van der Waals surface area (Å²) in [6.07, 6.45) is 4.59. The lowest BCUT2D eigenvalue weighted by Crippen LogP contribution is -2.40. The third kappa shape index (κ3) is 2.90. The van der Waals surface area contributed by atoms with E-state index in [1.807, 2.05) is 36.4 Å². The molecule has 1 aromatic rings. The Balaban J connectivity index is 1.95. The van der Waals surface area contributed by atoms with Gasteiger partial charge >= 0.3 is 11.9 Å². The summed E-state index contributed by atoms with van der Waals surface area (Å²) in [5.41, 5.74) is 1.09. The minimum absolute atomic E-state index is 0.0302. The lowest BCUT2D eigenvalue weighted by atomic mass is 9.68. The van der Waals surface area contributed by atoms with Crippen molar-refractivity contribution in [3.05, 3.63) is 41.5 Å². The van der Waals surface area contributed by atoms with E-state index in [4.69, 9.17) is 18.9 Å². The van der Waals surface area contributed by atoms with Gasteiger partial charge in [0.2, 0.25) is 0 Å². The van der Waals surface area contributed by atoms with Crippen molar-refractivity contribution < 1.29 is 28.5 Å². The number of fused-ring (bicyclic) bond motifs is 1. The molecule has 0 amide bonds. The molecule has 0 saturated carbocycles. The van der Waals surface area contributed by atoms with Gasteiger partial charge in [-0.3, -0.25) is 9.59 Å². The fourth-order valence-corrected chi connectivity index (χ4v) is 3.82. The van der Waals surface area contributed by atoms with Crippen molar-refractivity contribution in [2.45, 2.75) is 31.2 Å². The molecule has 1 fully saturated rings. The zero-order valence-corrected chi connectivity index (χ0v) is 14.6. The second-order valence-electron chi connectivity index (χ2n) is 6.36. The first-order valence-electron chi connectivity index (χ1n) is 8.18. The highest BCUT2D eigenvalue weighted by molar-refractivity contribution is 5.98. The van der Waals surface area contributed by atoms with Crippen molar-refractivity contribution in [2.24, 2.45) is 5.41 Å². The number of benzene rings is 1. The molecule has 1 heterocycles. The third-order valence-electron chi connectivity index (χ3n) is 5.28. The molecule has 1 saturated heterocycles. The van der Waals surface area contributed by atoms with E-state index in [1.54, 1.807) is 0 Å². The zero-order valence-electron chi connectivity index (χ0n) is 14.6. The number of esters is 2. The van der Waals surface area contributed by atoms with Crippen LogP contribution < -0.4 is 0 Å². The maximum absolute atomic E-state index is 12.7. The number of carbonyl (C=O) groups excluding carboxylic acids is 2. The number of allylic oxidation sites excluding steroid dienone is 1. The fourth-order valence-electron chi connectivity index (χ4n) is 3.82. The Kier molecular flexibility index (Phi) is 4.77. The molecule has 1 aliphatic carbocycles. The maximum Gasteiger partial charge on any atom is 0.321 e. The van der Waals surface area contributed by atoms with Crippen LogP contribution >= 0.6 is 0 Å². The zero-order chi connectivity index (χ0) is 18.1. The predicted octanol–water partition coefficient (Wildman–Crippen LogP) is 2.63. The van der Waals surface area contributed by atoms with Gasteiger partial charge in [-0.05, 0) is 17.5 Å². The average Bonchev–Trinajstić information content (AvgIpc) is 3.18. The predicted molar refractivity (Wildman–Crippen MR) is 89.4 cm³/mol. The van der Waals surface area contributed by atoms with Gasteiger partial charge in [-0.2, -0.15) is 0 Å². The van der Waals surface area contributed by atoms with Gasteiger partial charge in [0.25, 0.3) is 5.97 Å². The quantitative estimate of drug-likeness (QED) is 0.429. The van der Waals surface area contributed by atoms with E-state index < -0.39 is 23.3 Å². The summed E-state index contributed by atoms with van der Waals surface area (Å²) in [7, 11) is 4.42. The molecule has 6 nitrogen and oxygen atoms in total. The lowest BCUT2D eigenvalue weighted by molar-refractivity contribution is -0.356. The Hall–Kier alpha value is -2.02. The first-order valence-corrected chi connectivity index (χ1v) is 8.18. The highest BCUT2D eigenvalue weighted by Gasteiger charge is 2.55. The summed E-state index contributed by atoms with van der Waals surface area (Å²) >= 11 is 0. The van der Waals surface area contributed by atoms with E-state index in [-0.39, 0.29) is 18.8 Å². The van der Waals surface area contributed by atoms with Crippen LogP contribution in [0.4, 0.5) is 0 Å². The van der Waals surface area contributed by atoms with Gasteiger partial charge < -0.3 is 18.9 Å². The Morgan fingerprint density at radius 2 is 1.84 bits per heavy atom. The van der Waals surface area contributed by atoms with Crippen LogP contribution in [0.2, 0.25) is 0 Å². The van der Waals surface area contributed by atoms with E-state index in [0.29, 0.717) is 6.42 Å². The van der Waals surface area contributed by atoms with Crippen molar-refractivity contribution in [2.75, 3.05) is 21.3 Å². The molecule has 2 unspecified atom stereocenters. The van der Waals surface area contributed by atoms with E-state index in [9.17, 15) is 9.59 Å². The van der Waals surface area contributed by atoms with Gasteiger partial charge in [-0.15, -0.1) is 0 Å². The molecule has 0 radical (unpaired) electrons.